The summed E-state index contributed by atoms with van der Waals surface area (Å²) in [5.74, 6) is -0.933. The zero-order chi connectivity index (χ0) is 20.0. The SMILES string of the molecule is CC(C)NC(=O)c1cccc(NC(=S)NC(=O)c2ccccc2[N+](=O)[O-])c1. The number of nitro benzene ring substituents is 1. The fraction of sp³-hybridized carbons (Fsp3) is 0.167. The van der Waals surface area contributed by atoms with E-state index in [0.29, 0.717) is 11.3 Å². The number of para-hydroxylation sites is 1. The van der Waals surface area contributed by atoms with Gasteiger partial charge in [0, 0.05) is 23.4 Å². The van der Waals surface area contributed by atoms with E-state index in [1.807, 2.05) is 13.8 Å². The number of nitrogens with zero attached hydrogens (tertiary/aromatic N) is 1. The molecule has 0 aliphatic rings. The summed E-state index contributed by atoms with van der Waals surface area (Å²) in [6.07, 6.45) is 0. The fourth-order valence-electron chi connectivity index (χ4n) is 2.24. The van der Waals surface area contributed by atoms with E-state index in [-0.39, 0.29) is 28.3 Å². The third kappa shape index (κ3) is 5.58. The third-order valence-electron chi connectivity index (χ3n) is 3.37. The highest BCUT2D eigenvalue weighted by molar-refractivity contribution is 7.80. The fourth-order valence-corrected chi connectivity index (χ4v) is 2.45. The molecular weight excluding hydrogens is 368 g/mol. The van der Waals surface area contributed by atoms with Crippen LogP contribution < -0.4 is 16.0 Å². The van der Waals surface area contributed by atoms with Gasteiger partial charge in [0.25, 0.3) is 17.5 Å². The van der Waals surface area contributed by atoms with E-state index in [9.17, 15) is 19.7 Å². The second-order valence-electron chi connectivity index (χ2n) is 5.89. The second-order valence-corrected chi connectivity index (χ2v) is 6.30. The number of thiocarbonyl (C=S) groups is 1. The summed E-state index contributed by atoms with van der Waals surface area (Å²) in [4.78, 5) is 34.7. The van der Waals surface area contributed by atoms with Crippen LogP contribution in [0.5, 0.6) is 0 Å². The molecule has 0 aliphatic heterocycles. The van der Waals surface area contributed by atoms with Gasteiger partial charge in [0.1, 0.15) is 5.56 Å². The molecule has 0 spiro atoms. The Bertz CT molecular complexity index is 898. The van der Waals surface area contributed by atoms with Crippen LogP contribution >= 0.6 is 12.2 Å². The number of rotatable bonds is 5. The summed E-state index contributed by atoms with van der Waals surface area (Å²) < 4.78 is 0. The number of nitrogens with one attached hydrogen (secondary N) is 3. The van der Waals surface area contributed by atoms with E-state index in [0.717, 1.165) is 0 Å². The Labute approximate surface area is 161 Å². The standard InChI is InChI=1S/C18H18N4O4S/c1-11(2)19-16(23)12-6-5-7-13(10-12)20-18(27)21-17(24)14-8-3-4-9-15(14)22(25)26/h3-11H,1-2H3,(H,19,23)(H2,20,21,24,27). The molecule has 8 nitrogen and oxygen atoms in total. The lowest BCUT2D eigenvalue weighted by atomic mass is 10.1. The van der Waals surface area contributed by atoms with Crippen LogP contribution in [-0.2, 0) is 0 Å². The molecule has 0 heterocycles. The first-order chi connectivity index (χ1) is 12.8. The number of carbonyl (C=O) groups is 2. The highest BCUT2D eigenvalue weighted by atomic mass is 32.1. The topological polar surface area (TPSA) is 113 Å². The lowest BCUT2D eigenvalue weighted by molar-refractivity contribution is -0.385. The molecule has 0 aromatic heterocycles. The molecule has 3 N–H and O–H groups in total. The van der Waals surface area contributed by atoms with E-state index < -0.39 is 10.8 Å². The maximum Gasteiger partial charge on any atom is 0.282 e. The van der Waals surface area contributed by atoms with Crippen LogP contribution in [0.2, 0.25) is 0 Å². The highest BCUT2D eigenvalue weighted by Gasteiger charge is 2.20. The van der Waals surface area contributed by atoms with Gasteiger partial charge in [-0.2, -0.15) is 0 Å². The molecule has 0 aliphatic carbocycles. The molecule has 0 atom stereocenters. The maximum absolute atomic E-state index is 12.3. The minimum Gasteiger partial charge on any atom is -0.350 e. The van der Waals surface area contributed by atoms with Crippen molar-refractivity contribution in [3.8, 4) is 0 Å². The van der Waals surface area contributed by atoms with E-state index in [1.165, 1.54) is 24.3 Å². The van der Waals surface area contributed by atoms with E-state index in [2.05, 4.69) is 16.0 Å². The Morgan fingerprint density at radius 2 is 1.78 bits per heavy atom. The number of hydrogen-bond donors (Lipinski definition) is 3. The summed E-state index contributed by atoms with van der Waals surface area (Å²) in [7, 11) is 0. The lowest BCUT2D eigenvalue weighted by Gasteiger charge is -2.12. The molecule has 0 unspecified atom stereocenters. The Balaban J connectivity index is 2.07. The van der Waals surface area contributed by atoms with Gasteiger partial charge in [0.15, 0.2) is 5.11 Å². The van der Waals surface area contributed by atoms with Crippen molar-refractivity contribution in [1.29, 1.82) is 0 Å². The minimum atomic E-state index is -0.700. The third-order valence-corrected chi connectivity index (χ3v) is 3.58. The first-order valence-electron chi connectivity index (χ1n) is 8.04. The zero-order valence-electron chi connectivity index (χ0n) is 14.7. The minimum absolute atomic E-state index is 0.00357. The van der Waals surface area contributed by atoms with Crippen LogP contribution in [0.25, 0.3) is 0 Å². The smallest absolute Gasteiger partial charge is 0.282 e. The van der Waals surface area contributed by atoms with Gasteiger partial charge < -0.3 is 10.6 Å². The Hall–Kier alpha value is -3.33. The molecule has 9 heteroatoms. The van der Waals surface area contributed by atoms with E-state index in [1.54, 1.807) is 24.3 Å². The molecule has 0 saturated carbocycles. The Kier molecular flexibility index (Phi) is 6.56. The number of anilines is 1. The number of benzene rings is 2. The van der Waals surface area contributed by atoms with Gasteiger partial charge in [-0.15, -0.1) is 0 Å². The van der Waals surface area contributed by atoms with Gasteiger partial charge in [-0.3, -0.25) is 25.0 Å². The van der Waals surface area contributed by atoms with E-state index in [4.69, 9.17) is 12.2 Å². The van der Waals surface area contributed by atoms with Gasteiger partial charge in [0.05, 0.1) is 4.92 Å². The van der Waals surface area contributed by atoms with Crippen molar-refractivity contribution >= 4 is 40.5 Å². The van der Waals surface area contributed by atoms with Crippen molar-refractivity contribution in [3.05, 3.63) is 69.8 Å². The van der Waals surface area contributed by atoms with Gasteiger partial charge in [-0.1, -0.05) is 18.2 Å². The second kappa shape index (κ2) is 8.86. The highest BCUT2D eigenvalue weighted by Crippen LogP contribution is 2.17. The van der Waals surface area contributed by atoms with Crippen molar-refractivity contribution in [2.24, 2.45) is 0 Å². The summed E-state index contributed by atoms with van der Waals surface area (Å²) in [5.41, 5.74) is 0.516. The van der Waals surface area contributed by atoms with Gasteiger partial charge in [-0.25, -0.2) is 0 Å². The van der Waals surface area contributed by atoms with Crippen LogP contribution in [0.3, 0.4) is 0 Å². The molecule has 2 aromatic carbocycles. The predicted octanol–water partition coefficient (Wildman–Crippen LogP) is 2.86. The van der Waals surface area contributed by atoms with Crippen LogP contribution in [0.15, 0.2) is 48.5 Å². The van der Waals surface area contributed by atoms with Crippen LogP contribution in [0.1, 0.15) is 34.6 Å². The molecule has 0 radical (unpaired) electrons. The summed E-state index contributed by atoms with van der Waals surface area (Å²) >= 11 is 5.09. The largest absolute Gasteiger partial charge is 0.350 e. The number of nitro groups is 1. The van der Waals surface area contributed by atoms with Gasteiger partial charge in [-0.05, 0) is 50.3 Å². The first-order valence-corrected chi connectivity index (χ1v) is 8.45. The number of hydrogen-bond acceptors (Lipinski definition) is 5. The normalized spacial score (nSPS) is 10.2. The first kappa shape index (κ1) is 20.0. The molecule has 0 saturated heterocycles. The van der Waals surface area contributed by atoms with Crippen molar-refractivity contribution in [1.82, 2.24) is 10.6 Å². The quantitative estimate of drug-likeness (QED) is 0.414. The monoisotopic (exact) mass is 386 g/mol. The summed E-state index contributed by atoms with van der Waals surface area (Å²) in [5, 5.41) is 18.9. The Morgan fingerprint density at radius 1 is 1.07 bits per heavy atom. The summed E-state index contributed by atoms with van der Waals surface area (Å²) in [6.45, 7) is 3.71. The van der Waals surface area contributed by atoms with Crippen LogP contribution in [0, 0.1) is 10.1 Å². The van der Waals surface area contributed by atoms with Crippen LogP contribution in [0.4, 0.5) is 11.4 Å². The molecule has 2 amide bonds. The maximum atomic E-state index is 12.3. The zero-order valence-corrected chi connectivity index (χ0v) is 15.5. The Morgan fingerprint density at radius 3 is 2.44 bits per heavy atom. The van der Waals surface area contributed by atoms with Crippen molar-refractivity contribution in [3.63, 3.8) is 0 Å². The molecule has 2 rings (SSSR count). The average Bonchev–Trinajstić information content (AvgIpc) is 2.61. The van der Waals surface area contributed by atoms with Crippen molar-refractivity contribution in [2.75, 3.05) is 5.32 Å². The summed E-state index contributed by atoms with van der Waals surface area (Å²) in [6, 6.07) is 12.2. The average molecular weight is 386 g/mol. The molecule has 27 heavy (non-hydrogen) atoms. The predicted molar refractivity (Wildman–Crippen MR) is 106 cm³/mol. The molecule has 0 bridgehead atoms. The lowest BCUT2D eigenvalue weighted by Crippen LogP contribution is -2.34. The van der Waals surface area contributed by atoms with Gasteiger partial charge in [0.2, 0.25) is 0 Å². The van der Waals surface area contributed by atoms with Crippen molar-refractivity contribution < 1.29 is 14.5 Å². The van der Waals surface area contributed by atoms with Crippen LogP contribution in [-0.4, -0.2) is 27.9 Å². The molecule has 2 aromatic rings. The van der Waals surface area contributed by atoms with Crippen molar-refractivity contribution in [2.45, 2.75) is 19.9 Å². The molecule has 140 valence electrons. The molecule has 0 fully saturated rings. The van der Waals surface area contributed by atoms with E-state index >= 15 is 0 Å². The molecular formula is C18H18N4O4S. The number of amides is 2. The number of carbonyl (C=O) groups excluding carboxylic acids is 2. The van der Waals surface area contributed by atoms with Gasteiger partial charge >= 0.3 is 0 Å².